The van der Waals surface area contributed by atoms with E-state index in [4.69, 9.17) is 45.2 Å². The Hall–Kier alpha value is -2.02. The van der Waals surface area contributed by atoms with Crippen molar-refractivity contribution in [3.05, 3.63) is 81.1 Å². The van der Waals surface area contributed by atoms with Crippen LogP contribution < -0.4 is 0 Å². The molecule has 1 heterocycles. The second-order valence-corrected chi connectivity index (χ2v) is 6.88. The monoisotopic (exact) mass is 410 g/mol. The van der Waals surface area contributed by atoms with Gasteiger partial charge in [0.15, 0.2) is 0 Å². The van der Waals surface area contributed by atoms with Gasteiger partial charge < -0.3 is 4.57 Å². The highest BCUT2D eigenvalue weighted by molar-refractivity contribution is 6.35. The van der Waals surface area contributed by atoms with Gasteiger partial charge in [0, 0.05) is 39.6 Å². The maximum Gasteiger partial charge on any atom is 0.305 e. The van der Waals surface area contributed by atoms with Crippen LogP contribution in [0.2, 0.25) is 15.1 Å². The molecule has 0 bridgehead atoms. The van der Waals surface area contributed by atoms with E-state index in [1.807, 2.05) is 0 Å². The van der Waals surface area contributed by atoms with E-state index >= 15 is 0 Å². The van der Waals surface area contributed by atoms with Crippen LogP contribution in [0.1, 0.15) is 15.9 Å². The van der Waals surface area contributed by atoms with Crippen molar-refractivity contribution in [2.75, 3.05) is 0 Å². The molecule has 8 heteroatoms. The third kappa shape index (κ3) is 4.03. The van der Waals surface area contributed by atoms with E-state index in [2.05, 4.69) is 0 Å². The minimum absolute atomic E-state index is 0.127. The van der Waals surface area contributed by atoms with Gasteiger partial charge in [0.25, 0.3) is 0 Å². The van der Waals surface area contributed by atoms with Gasteiger partial charge >= 0.3 is 5.91 Å². The first-order valence-electron chi connectivity index (χ1n) is 7.47. The Morgan fingerprint density at radius 1 is 0.962 bits per heavy atom. The van der Waals surface area contributed by atoms with Gasteiger partial charge in [-0.15, -0.1) is 0 Å². The molecule has 0 spiro atoms. The number of carbonyl (C=O) groups is 1. The summed E-state index contributed by atoms with van der Waals surface area (Å²) < 4.78 is 1.73. The fraction of sp³-hybridized carbons (Fsp3) is 0.0556. The third-order valence-electron chi connectivity index (χ3n) is 3.82. The molecular weight excluding hydrogens is 399 g/mol. The van der Waals surface area contributed by atoms with Crippen LogP contribution in [0, 0.1) is 0 Å². The number of aromatic nitrogens is 1. The minimum atomic E-state index is -0.948. The molecular formula is C18H13Cl3N2O3. The molecule has 3 aromatic rings. The normalized spacial score (nSPS) is 10.8. The fourth-order valence-corrected chi connectivity index (χ4v) is 3.18. The number of nitrogens with zero attached hydrogens (tertiary/aromatic N) is 2. The quantitative estimate of drug-likeness (QED) is 0.447. The first-order chi connectivity index (χ1) is 12.3. The molecule has 0 unspecified atom stereocenters. The molecule has 1 aromatic heterocycles. The van der Waals surface area contributed by atoms with E-state index in [1.165, 1.54) is 6.20 Å². The van der Waals surface area contributed by atoms with Crippen LogP contribution in [-0.4, -0.2) is 26.1 Å². The highest BCUT2D eigenvalue weighted by Crippen LogP contribution is 2.29. The van der Waals surface area contributed by atoms with Crippen molar-refractivity contribution >= 4 is 40.7 Å². The number of hydrogen-bond donors (Lipinski definition) is 2. The lowest BCUT2D eigenvalue weighted by Crippen LogP contribution is -2.23. The van der Waals surface area contributed by atoms with Crippen LogP contribution in [0.5, 0.6) is 0 Å². The Morgan fingerprint density at radius 3 is 2.23 bits per heavy atom. The minimum Gasteiger partial charge on any atom is -0.348 e. The van der Waals surface area contributed by atoms with Crippen molar-refractivity contribution in [3.63, 3.8) is 0 Å². The Bertz CT molecular complexity index is 953. The molecule has 0 saturated carbocycles. The number of benzene rings is 2. The largest absolute Gasteiger partial charge is 0.348 e. The molecule has 0 fully saturated rings. The molecule has 0 radical (unpaired) electrons. The summed E-state index contributed by atoms with van der Waals surface area (Å²) in [6, 6.07) is 12.0. The Kier molecular flexibility index (Phi) is 5.55. The molecule has 5 nitrogen and oxygen atoms in total. The van der Waals surface area contributed by atoms with Crippen molar-refractivity contribution < 1.29 is 15.2 Å². The predicted molar refractivity (Wildman–Crippen MR) is 100 cm³/mol. The number of rotatable bonds is 4. The van der Waals surface area contributed by atoms with Gasteiger partial charge in [0.1, 0.15) is 0 Å². The molecule has 3 rings (SSSR count). The second-order valence-electron chi connectivity index (χ2n) is 5.60. The van der Waals surface area contributed by atoms with Crippen molar-refractivity contribution in [2.45, 2.75) is 6.54 Å². The number of hydroxylamine groups is 2. The van der Waals surface area contributed by atoms with Crippen LogP contribution in [0.4, 0.5) is 0 Å². The third-order valence-corrected chi connectivity index (χ3v) is 4.65. The first-order valence-corrected chi connectivity index (χ1v) is 8.60. The van der Waals surface area contributed by atoms with Crippen LogP contribution in [-0.2, 0) is 6.54 Å². The van der Waals surface area contributed by atoms with E-state index in [9.17, 15) is 4.79 Å². The van der Waals surface area contributed by atoms with Gasteiger partial charge in [0.2, 0.25) is 0 Å². The summed E-state index contributed by atoms with van der Waals surface area (Å²) in [5.74, 6) is -0.948. The summed E-state index contributed by atoms with van der Waals surface area (Å²) in [4.78, 5) is 12.1. The van der Waals surface area contributed by atoms with E-state index in [0.717, 1.165) is 5.56 Å². The van der Waals surface area contributed by atoms with Gasteiger partial charge in [0.05, 0.1) is 5.56 Å². The first kappa shape index (κ1) is 18.8. The molecule has 0 saturated heterocycles. The lowest BCUT2D eigenvalue weighted by molar-refractivity contribution is -0.260. The van der Waals surface area contributed by atoms with Crippen LogP contribution in [0.3, 0.4) is 0 Å². The second kappa shape index (κ2) is 7.70. The topological polar surface area (TPSA) is 65.7 Å². The fourth-order valence-electron chi connectivity index (χ4n) is 2.58. The molecule has 0 aliphatic rings. The summed E-state index contributed by atoms with van der Waals surface area (Å²) in [7, 11) is 0. The highest BCUT2D eigenvalue weighted by Gasteiger charge is 2.20. The number of hydrogen-bond acceptors (Lipinski definition) is 3. The molecule has 26 heavy (non-hydrogen) atoms. The summed E-state index contributed by atoms with van der Waals surface area (Å²) in [6.07, 6.45) is 3.25. The number of carbonyl (C=O) groups excluding carboxylic acids is 1. The van der Waals surface area contributed by atoms with Crippen molar-refractivity contribution in [1.29, 1.82) is 0 Å². The Balaban J connectivity index is 2.03. The van der Waals surface area contributed by atoms with Crippen LogP contribution in [0.15, 0.2) is 54.9 Å². The average Bonchev–Trinajstić information content (AvgIpc) is 3.01. The maximum absolute atomic E-state index is 12.1. The predicted octanol–water partition coefficient (Wildman–Crippen LogP) is 5.38. The number of amides is 1. The van der Waals surface area contributed by atoms with Gasteiger partial charge in [-0.1, -0.05) is 58.2 Å². The van der Waals surface area contributed by atoms with E-state index < -0.39 is 11.1 Å². The van der Waals surface area contributed by atoms with Crippen molar-refractivity contribution in [2.24, 2.45) is 0 Å². The zero-order valence-electron chi connectivity index (χ0n) is 13.2. The zero-order chi connectivity index (χ0) is 18.8. The summed E-state index contributed by atoms with van der Waals surface area (Å²) in [5, 5.41) is 19.4. The standard InChI is InChI=1S/C18H13Cl3N2O3/c19-13-4-1-11(2-5-13)15-9-22(10-16(15)18(24)23(25)26)8-12-3-6-14(20)7-17(12)21/h1-7,9-10,25-26H,8H2. The van der Waals surface area contributed by atoms with E-state index in [0.29, 0.717) is 32.7 Å². The van der Waals surface area contributed by atoms with Crippen LogP contribution in [0.25, 0.3) is 11.1 Å². The molecule has 1 amide bonds. The Morgan fingerprint density at radius 2 is 1.62 bits per heavy atom. The van der Waals surface area contributed by atoms with Gasteiger partial charge in [-0.3, -0.25) is 15.2 Å². The highest BCUT2D eigenvalue weighted by atomic mass is 35.5. The average molecular weight is 412 g/mol. The lowest BCUT2D eigenvalue weighted by atomic mass is 10.0. The Labute approximate surface area is 164 Å². The van der Waals surface area contributed by atoms with Gasteiger partial charge in [-0.25, -0.2) is 0 Å². The SMILES string of the molecule is O=C(c1cn(Cc2ccc(Cl)cc2Cl)cc1-c1ccc(Cl)cc1)N(O)O. The summed E-state index contributed by atoms with van der Waals surface area (Å²) in [5.41, 5.74) is 2.17. The van der Waals surface area contributed by atoms with Crippen LogP contribution >= 0.6 is 34.8 Å². The van der Waals surface area contributed by atoms with Gasteiger partial charge in [-0.05, 0) is 35.4 Å². The van der Waals surface area contributed by atoms with Gasteiger partial charge in [-0.2, -0.15) is 0 Å². The van der Waals surface area contributed by atoms with Crippen molar-refractivity contribution in [1.82, 2.24) is 9.79 Å². The molecule has 2 N–H and O–H groups in total. The maximum atomic E-state index is 12.1. The molecule has 0 aliphatic heterocycles. The molecule has 134 valence electrons. The molecule has 2 aromatic carbocycles. The van der Waals surface area contributed by atoms with Crippen molar-refractivity contribution in [3.8, 4) is 11.1 Å². The summed E-state index contributed by atoms with van der Waals surface area (Å²) >= 11 is 18.0. The van der Waals surface area contributed by atoms with E-state index in [1.54, 1.807) is 53.2 Å². The molecule has 0 atom stereocenters. The smallest absolute Gasteiger partial charge is 0.305 e. The summed E-state index contributed by atoms with van der Waals surface area (Å²) in [6.45, 7) is 0.376. The van der Waals surface area contributed by atoms with E-state index in [-0.39, 0.29) is 5.56 Å². The zero-order valence-corrected chi connectivity index (χ0v) is 15.5. The lowest BCUT2D eigenvalue weighted by Gasteiger charge is -2.07. The molecule has 0 aliphatic carbocycles. The number of halogens is 3.